The van der Waals surface area contributed by atoms with Crippen LogP contribution >= 0.6 is 0 Å². The first-order valence-corrected chi connectivity index (χ1v) is 6.13. The van der Waals surface area contributed by atoms with Crippen molar-refractivity contribution < 1.29 is 9.90 Å². The fraction of sp³-hybridized carbons (Fsp3) is 0.917. The highest BCUT2D eigenvalue weighted by molar-refractivity contribution is 5.71. The largest absolute Gasteiger partial charge is 0.481 e. The van der Waals surface area contributed by atoms with Crippen LogP contribution in [0.2, 0.25) is 0 Å². The molecule has 2 aliphatic rings. The van der Waals surface area contributed by atoms with Crippen molar-refractivity contribution in [2.45, 2.75) is 44.6 Å². The van der Waals surface area contributed by atoms with Gasteiger partial charge in [0.25, 0.3) is 0 Å². The summed E-state index contributed by atoms with van der Waals surface area (Å²) in [5.74, 6) is -0.242. The first kappa shape index (κ1) is 10.9. The van der Waals surface area contributed by atoms with Crippen molar-refractivity contribution in [1.82, 2.24) is 4.90 Å². The number of carbonyl (C=O) groups is 1. The molecular formula is C12H21NO2. The minimum atomic E-state index is -0.569. The summed E-state index contributed by atoms with van der Waals surface area (Å²) < 4.78 is 0. The number of likely N-dealkylation sites (tertiary alicyclic amines) is 1. The predicted molar refractivity (Wildman–Crippen MR) is 58.7 cm³/mol. The van der Waals surface area contributed by atoms with Crippen LogP contribution in [0.4, 0.5) is 0 Å². The molecule has 0 radical (unpaired) electrons. The van der Waals surface area contributed by atoms with E-state index in [1.807, 2.05) is 0 Å². The second kappa shape index (κ2) is 4.52. The van der Waals surface area contributed by atoms with Gasteiger partial charge in [0.05, 0.1) is 5.92 Å². The lowest BCUT2D eigenvalue weighted by atomic mass is 9.83. The number of hydrogen-bond acceptors (Lipinski definition) is 2. The number of nitrogens with zero attached hydrogens (tertiary/aromatic N) is 1. The van der Waals surface area contributed by atoms with E-state index in [0.717, 1.165) is 32.2 Å². The fourth-order valence-electron chi connectivity index (χ4n) is 3.39. The lowest BCUT2D eigenvalue weighted by Crippen LogP contribution is -2.40. The van der Waals surface area contributed by atoms with E-state index in [1.165, 1.54) is 12.8 Å². The van der Waals surface area contributed by atoms with Gasteiger partial charge in [-0.15, -0.1) is 0 Å². The molecule has 1 saturated carbocycles. The molecule has 1 heterocycles. The Kier molecular flexibility index (Phi) is 3.29. The van der Waals surface area contributed by atoms with Crippen molar-refractivity contribution in [3.05, 3.63) is 0 Å². The van der Waals surface area contributed by atoms with Crippen molar-refractivity contribution in [2.75, 3.05) is 13.6 Å². The van der Waals surface area contributed by atoms with Gasteiger partial charge in [0.15, 0.2) is 0 Å². The summed E-state index contributed by atoms with van der Waals surface area (Å²) in [6, 6.07) is 0.297. The van der Waals surface area contributed by atoms with Crippen LogP contribution in [-0.4, -0.2) is 35.6 Å². The van der Waals surface area contributed by atoms with E-state index >= 15 is 0 Å². The molecule has 0 spiro atoms. The maximum Gasteiger partial charge on any atom is 0.308 e. The quantitative estimate of drug-likeness (QED) is 0.776. The van der Waals surface area contributed by atoms with Crippen molar-refractivity contribution in [1.29, 1.82) is 0 Å². The van der Waals surface area contributed by atoms with E-state index in [-0.39, 0.29) is 5.92 Å². The number of carboxylic acid groups (broad SMARTS) is 1. The molecule has 0 aromatic carbocycles. The third kappa shape index (κ3) is 2.17. The predicted octanol–water partition coefficient (Wildman–Crippen LogP) is 1.97. The topological polar surface area (TPSA) is 40.5 Å². The van der Waals surface area contributed by atoms with Crippen molar-refractivity contribution in [3.63, 3.8) is 0 Å². The molecule has 3 heteroatoms. The number of rotatable bonds is 3. The van der Waals surface area contributed by atoms with Crippen molar-refractivity contribution in [2.24, 2.45) is 11.8 Å². The number of aliphatic carboxylic acids is 1. The zero-order valence-electron chi connectivity index (χ0n) is 9.48. The Balaban J connectivity index is 2.07. The second-order valence-electron chi connectivity index (χ2n) is 5.10. The molecule has 2 atom stereocenters. The van der Waals surface area contributed by atoms with Crippen LogP contribution in [0.5, 0.6) is 0 Å². The third-order valence-electron chi connectivity index (χ3n) is 4.18. The summed E-state index contributed by atoms with van der Waals surface area (Å²) in [5.41, 5.74) is 0. The van der Waals surface area contributed by atoms with E-state index in [0.29, 0.717) is 12.0 Å². The molecule has 2 fully saturated rings. The van der Waals surface area contributed by atoms with Gasteiger partial charge in [-0.3, -0.25) is 4.79 Å². The van der Waals surface area contributed by atoms with E-state index < -0.39 is 5.97 Å². The molecular weight excluding hydrogens is 190 g/mol. The summed E-state index contributed by atoms with van der Waals surface area (Å²) in [7, 11) is 2.07. The van der Waals surface area contributed by atoms with Gasteiger partial charge in [-0.05, 0) is 45.2 Å². The molecule has 0 amide bonds. The summed E-state index contributed by atoms with van der Waals surface area (Å²) in [4.78, 5) is 13.6. The van der Waals surface area contributed by atoms with Gasteiger partial charge in [0.2, 0.25) is 0 Å². The van der Waals surface area contributed by atoms with Gasteiger partial charge in [0.1, 0.15) is 0 Å². The monoisotopic (exact) mass is 211 g/mol. The maximum absolute atomic E-state index is 11.4. The van der Waals surface area contributed by atoms with Crippen LogP contribution < -0.4 is 0 Å². The average molecular weight is 211 g/mol. The third-order valence-corrected chi connectivity index (χ3v) is 4.18. The van der Waals surface area contributed by atoms with Crippen LogP contribution in [-0.2, 0) is 4.79 Å². The summed E-state index contributed by atoms with van der Waals surface area (Å²) in [6.45, 7) is 1.07. The highest BCUT2D eigenvalue weighted by Gasteiger charge is 2.40. The normalized spacial score (nSPS) is 30.9. The van der Waals surface area contributed by atoms with E-state index in [2.05, 4.69) is 11.9 Å². The summed E-state index contributed by atoms with van der Waals surface area (Å²) >= 11 is 0. The first-order valence-electron chi connectivity index (χ1n) is 6.13. The molecule has 15 heavy (non-hydrogen) atoms. The van der Waals surface area contributed by atoms with Crippen LogP contribution in [0.3, 0.4) is 0 Å². The van der Waals surface area contributed by atoms with E-state index in [9.17, 15) is 9.90 Å². The summed E-state index contributed by atoms with van der Waals surface area (Å²) in [5, 5.41) is 9.39. The smallest absolute Gasteiger partial charge is 0.308 e. The molecule has 2 unspecified atom stereocenters. The fourth-order valence-corrected chi connectivity index (χ4v) is 3.39. The van der Waals surface area contributed by atoms with E-state index in [1.54, 1.807) is 0 Å². The maximum atomic E-state index is 11.4. The molecule has 2 rings (SSSR count). The Labute approximate surface area is 91.5 Å². The Morgan fingerprint density at radius 3 is 2.40 bits per heavy atom. The molecule has 1 saturated heterocycles. The van der Waals surface area contributed by atoms with Gasteiger partial charge < -0.3 is 10.0 Å². The van der Waals surface area contributed by atoms with Crippen molar-refractivity contribution in [3.8, 4) is 0 Å². The van der Waals surface area contributed by atoms with Gasteiger partial charge in [-0.25, -0.2) is 0 Å². The molecule has 0 bridgehead atoms. The van der Waals surface area contributed by atoms with Gasteiger partial charge in [-0.1, -0.05) is 12.8 Å². The second-order valence-corrected chi connectivity index (χ2v) is 5.10. The zero-order chi connectivity index (χ0) is 10.8. The summed E-state index contributed by atoms with van der Waals surface area (Å²) in [6.07, 6.45) is 6.94. The minimum Gasteiger partial charge on any atom is -0.481 e. The highest BCUT2D eigenvalue weighted by Crippen LogP contribution is 2.37. The first-order chi connectivity index (χ1) is 7.20. The lowest BCUT2D eigenvalue weighted by Gasteiger charge is -2.30. The van der Waals surface area contributed by atoms with Gasteiger partial charge in [0, 0.05) is 6.04 Å². The Hall–Kier alpha value is -0.570. The SMILES string of the molecule is CN1CCCC1C(C(=O)O)C1CCCC1. The van der Waals surface area contributed by atoms with Crippen LogP contribution in [0, 0.1) is 11.8 Å². The molecule has 1 N–H and O–H groups in total. The Morgan fingerprint density at radius 2 is 1.93 bits per heavy atom. The molecule has 0 aromatic rings. The van der Waals surface area contributed by atoms with E-state index in [4.69, 9.17) is 0 Å². The average Bonchev–Trinajstić information content (AvgIpc) is 2.79. The molecule has 1 aliphatic carbocycles. The molecule has 0 aromatic heterocycles. The number of hydrogen-bond donors (Lipinski definition) is 1. The standard InChI is InChI=1S/C12H21NO2/c1-13-8-4-7-10(13)11(12(14)15)9-5-2-3-6-9/h9-11H,2-8H2,1H3,(H,14,15). The zero-order valence-corrected chi connectivity index (χ0v) is 9.48. The van der Waals surface area contributed by atoms with Crippen LogP contribution in [0.15, 0.2) is 0 Å². The molecule has 86 valence electrons. The lowest BCUT2D eigenvalue weighted by molar-refractivity contribution is -0.146. The Morgan fingerprint density at radius 1 is 1.27 bits per heavy atom. The van der Waals surface area contributed by atoms with Gasteiger partial charge >= 0.3 is 5.97 Å². The minimum absolute atomic E-state index is 0.111. The van der Waals surface area contributed by atoms with Crippen LogP contribution in [0.1, 0.15) is 38.5 Å². The molecule has 1 aliphatic heterocycles. The highest BCUT2D eigenvalue weighted by atomic mass is 16.4. The van der Waals surface area contributed by atoms with Crippen LogP contribution in [0.25, 0.3) is 0 Å². The molecule has 3 nitrogen and oxygen atoms in total. The number of carboxylic acids is 1. The van der Waals surface area contributed by atoms with Gasteiger partial charge in [-0.2, -0.15) is 0 Å². The van der Waals surface area contributed by atoms with Crippen molar-refractivity contribution >= 4 is 5.97 Å². The Bertz CT molecular complexity index is 236.